The molecule has 2 N–H and O–H groups in total. The first kappa shape index (κ1) is 46.3. The van der Waals surface area contributed by atoms with Gasteiger partial charge < -0.3 is 25.0 Å². The second-order valence-corrected chi connectivity index (χ2v) is 16.2. The summed E-state index contributed by atoms with van der Waals surface area (Å²) >= 11 is 4.64. The average Bonchev–Trinajstić information content (AvgIpc) is 3.88. The standard InChI is InChI=1S/C19H23F3N6O2.C18H23F3N6O.C2H3ClO/c1-12(29)27-10-15(11-27)30-17-8-16(23-13-2-5-19(21,22)6-3-13)24-18(25-17)28-7-4-14(9-20)26-28;1-26-10-14(11-26)28-16-8-15(22-12-2-5-18(20,21)6-3-12)23-17(24-16)27-7-4-13(9-19)25-27;1-2(3)4/h4,7-8,13,15H,2-3,5-6,9-11H2,1H3,(H,23,24,25);4,7-8,12,14H,2-3,5-6,9-11H2,1H3,(H,22,23,24);1H3. The van der Waals surface area contributed by atoms with E-state index in [1.165, 1.54) is 29.3 Å². The number of carbonyl (C=O) groups is 2. The summed E-state index contributed by atoms with van der Waals surface area (Å²) in [5.74, 6) is -3.24. The molecule has 0 bridgehead atoms. The Hall–Kier alpha value is -5.25. The predicted octanol–water partition coefficient (Wildman–Crippen LogP) is 6.32. The smallest absolute Gasteiger partial charge is 0.255 e. The van der Waals surface area contributed by atoms with E-state index in [0.717, 1.165) is 13.1 Å². The molecule has 2 aliphatic carbocycles. The summed E-state index contributed by atoms with van der Waals surface area (Å²) in [6.07, 6.45) is 3.72. The number of carbonyl (C=O) groups excluding carboxylic acids is 2. The van der Waals surface area contributed by atoms with Crippen molar-refractivity contribution in [2.24, 2.45) is 0 Å². The van der Waals surface area contributed by atoms with Crippen molar-refractivity contribution in [2.75, 3.05) is 43.9 Å². The number of amides is 1. The Balaban J connectivity index is 0.000000191. The lowest BCUT2D eigenvalue weighted by molar-refractivity contribution is -0.137. The summed E-state index contributed by atoms with van der Waals surface area (Å²) < 4.78 is 93.9. The third-order valence-corrected chi connectivity index (χ3v) is 10.4. The highest BCUT2D eigenvalue weighted by Crippen LogP contribution is 2.36. The Kier molecular flexibility index (Phi) is 15.1. The number of hydrogen-bond donors (Lipinski definition) is 2. The maximum absolute atomic E-state index is 13.4. The molecule has 0 radical (unpaired) electrons. The van der Waals surface area contributed by atoms with Gasteiger partial charge in [0.25, 0.3) is 11.9 Å². The fourth-order valence-corrected chi connectivity index (χ4v) is 7.00. The monoisotopic (exact) mass is 898 g/mol. The summed E-state index contributed by atoms with van der Waals surface area (Å²) in [7, 11) is 2.00. The number of aromatic nitrogens is 8. The maximum atomic E-state index is 13.4. The van der Waals surface area contributed by atoms with Crippen LogP contribution < -0.4 is 20.1 Å². The third kappa shape index (κ3) is 13.4. The fourth-order valence-electron chi connectivity index (χ4n) is 7.00. The quantitative estimate of drug-likeness (QED) is 0.120. The molecule has 23 heteroatoms. The lowest BCUT2D eigenvalue weighted by atomic mass is 9.92. The van der Waals surface area contributed by atoms with E-state index in [1.807, 2.05) is 7.05 Å². The van der Waals surface area contributed by atoms with Gasteiger partial charge in [0.05, 0.1) is 24.5 Å². The van der Waals surface area contributed by atoms with Crippen molar-refractivity contribution in [1.29, 1.82) is 0 Å². The van der Waals surface area contributed by atoms with E-state index in [1.54, 1.807) is 35.5 Å². The fraction of sp³-hybridized carbons (Fsp3) is 0.590. The van der Waals surface area contributed by atoms with Gasteiger partial charge in [-0.3, -0.25) is 14.5 Å². The Bertz CT molecular complexity index is 2110. The number of likely N-dealkylation sites (tertiary alicyclic amines) is 2. The molecule has 4 fully saturated rings. The molecule has 0 spiro atoms. The summed E-state index contributed by atoms with van der Waals surface area (Å²) in [6, 6.07) is 6.11. The number of nitrogens with one attached hydrogen (secondary N) is 2. The normalized spacial score (nSPS) is 19.2. The Morgan fingerprint density at radius 2 is 1.10 bits per heavy atom. The zero-order chi connectivity index (χ0) is 44.6. The molecule has 16 nitrogen and oxygen atoms in total. The van der Waals surface area contributed by atoms with E-state index in [9.17, 15) is 35.9 Å². The SMILES string of the molecule is CC(=O)Cl.CC(=O)N1CC(Oc2cc(NC3CCC(F)(F)CC3)nc(-n3ccc(CF)n3)n2)C1.CN1CC(Oc2cc(NC3CCC(F)(F)CC3)nc(-n3ccc(CF)n3)n2)C1. The van der Waals surface area contributed by atoms with Crippen LogP contribution in [0.2, 0.25) is 0 Å². The number of alkyl halides is 6. The van der Waals surface area contributed by atoms with Gasteiger partial charge in [-0.15, -0.1) is 0 Å². The van der Waals surface area contributed by atoms with Gasteiger partial charge in [0.1, 0.15) is 37.2 Å². The highest BCUT2D eigenvalue weighted by Gasteiger charge is 2.37. The molecule has 1 amide bonds. The molecule has 0 atom stereocenters. The van der Waals surface area contributed by atoms with Gasteiger partial charge in [0.15, 0.2) is 0 Å². The number of halogens is 7. The average molecular weight is 899 g/mol. The topological polar surface area (TPSA) is 170 Å². The number of anilines is 2. The second-order valence-electron chi connectivity index (χ2n) is 15.7. The number of hydrogen-bond acceptors (Lipinski definition) is 13. The van der Waals surface area contributed by atoms with Crippen LogP contribution in [0.4, 0.5) is 38.0 Å². The van der Waals surface area contributed by atoms with Crippen LogP contribution in [0.25, 0.3) is 11.9 Å². The summed E-state index contributed by atoms with van der Waals surface area (Å²) in [4.78, 5) is 41.9. The van der Waals surface area contributed by atoms with Gasteiger partial charge in [-0.2, -0.15) is 30.1 Å². The van der Waals surface area contributed by atoms with E-state index in [-0.39, 0.29) is 90.3 Å². The number of nitrogens with zero attached hydrogens (tertiary/aromatic N) is 10. The zero-order valence-corrected chi connectivity index (χ0v) is 35.2. The van der Waals surface area contributed by atoms with Crippen molar-refractivity contribution in [3.63, 3.8) is 0 Å². The molecule has 2 saturated carbocycles. The summed E-state index contributed by atoms with van der Waals surface area (Å²) in [5.41, 5.74) is 0.518. The largest absolute Gasteiger partial charge is 0.471 e. The van der Waals surface area contributed by atoms with Gasteiger partial charge in [0, 0.05) is 89.2 Å². The molecule has 62 heavy (non-hydrogen) atoms. The van der Waals surface area contributed by atoms with Crippen molar-refractivity contribution in [1.82, 2.24) is 49.3 Å². The highest BCUT2D eigenvalue weighted by molar-refractivity contribution is 6.62. The van der Waals surface area contributed by atoms with Gasteiger partial charge in [-0.05, 0) is 56.5 Å². The van der Waals surface area contributed by atoms with Gasteiger partial charge >= 0.3 is 0 Å². The molecule has 0 aromatic carbocycles. The molecule has 0 unspecified atom stereocenters. The maximum Gasteiger partial charge on any atom is 0.255 e. The third-order valence-electron chi connectivity index (χ3n) is 10.4. The minimum absolute atomic E-state index is 0.0232. The van der Waals surface area contributed by atoms with Crippen molar-refractivity contribution >= 4 is 34.4 Å². The number of likely N-dealkylation sites (N-methyl/N-ethyl adjacent to an activating group) is 1. The zero-order valence-electron chi connectivity index (χ0n) is 34.4. The van der Waals surface area contributed by atoms with Crippen molar-refractivity contribution in [2.45, 2.75) is 115 Å². The van der Waals surface area contributed by atoms with E-state index in [2.05, 4.69) is 57.3 Å². The van der Waals surface area contributed by atoms with E-state index < -0.39 is 25.2 Å². The molecular weight excluding hydrogens is 850 g/mol. The van der Waals surface area contributed by atoms with Crippen molar-refractivity contribution in [3.8, 4) is 23.7 Å². The molecule has 2 saturated heterocycles. The van der Waals surface area contributed by atoms with Crippen LogP contribution in [0.1, 0.15) is 76.6 Å². The van der Waals surface area contributed by atoms with Gasteiger partial charge in [-0.25, -0.2) is 35.7 Å². The van der Waals surface area contributed by atoms with E-state index in [4.69, 9.17) is 9.47 Å². The van der Waals surface area contributed by atoms with Crippen LogP contribution in [0.3, 0.4) is 0 Å². The molecule has 338 valence electrons. The van der Waals surface area contributed by atoms with E-state index >= 15 is 0 Å². The van der Waals surface area contributed by atoms with Crippen LogP contribution in [0.5, 0.6) is 11.8 Å². The lowest BCUT2D eigenvalue weighted by Crippen LogP contribution is -2.55. The van der Waals surface area contributed by atoms with Crippen molar-refractivity contribution in [3.05, 3.63) is 48.0 Å². The predicted molar refractivity (Wildman–Crippen MR) is 215 cm³/mol. The van der Waals surface area contributed by atoms with Crippen LogP contribution in [-0.2, 0) is 22.9 Å². The number of rotatable bonds is 12. The number of ether oxygens (including phenoxy) is 2. The molecule has 4 aromatic heterocycles. The summed E-state index contributed by atoms with van der Waals surface area (Å²) in [6.45, 7) is 3.91. The van der Waals surface area contributed by atoms with E-state index in [0.29, 0.717) is 56.3 Å². The minimum Gasteiger partial charge on any atom is -0.471 e. The molecule has 2 aliphatic heterocycles. The van der Waals surface area contributed by atoms with Gasteiger partial charge in [-0.1, -0.05) is 0 Å². The second kappa shape index (κ2) is 20.3. The lowest BCUT2D eigenvalue weighted by Gasteiger charge is -2.38. The van der Waals surface area contributed by atoms with Crippen molar-refractivity contribution < 1.29 is 45.4 Å². The molecular formula is C39H49ClF6N12O4. The highest BCUT2D eigenvalue weighted by atomic mass is 35.5. The Morgan fingerprint density at radius 1 is 0.710 bits per heavy atom. The molecule has 8 rings (SSSR count). The van der Waals surface area contributed by atoms with Crippen LogP contribution in [-0.4, -0.2) is 130 Å². The summed E-state index contributed by atoms with van der Waals surface area (Å²) in [5, 5.41) is 14.2. The van der Waals surface area contributed by atoms with Crippen LogP contribution >= 0.6 is 11.6 Å². The molecule has 6 heterocycles. The first-order chi connectivity index (χ1) is 29.4. The first-order valence-electron chi connectivity index (χ1n) is 20.2. The Morgan fingerprint density at radius 3 is 1.44 bits per heavy atom. The molecule has 4 aromatic rings. The Labute approximate surface area is 358 Å². The molecule has 4 aliphatic rings. The van der Waals surface area contributed by atoms with Crippen LogP contribution in [0.15, 0.2) is 36.7 Å². The van der Waals surface area contributed by atoms with Gasteiger partial charge in [0.2, 0.25) is 34.8 Å². The van der Waals surface area contributed by atoms with Crippen LogP contribution in [0, 0.1) is 0 Å². The minimum atomic E-state index is -2.62. The first-order valence-corrected chi connectivity index (χ1v) is 20.5.